The zero-order chi connectivity index (χ0) is 11.7. The third kappa shape index (κ3) is 1.46. The topological polar surface area (TPSA) is 76.0 Å². The molecule has 2 rings (SSSR count). The predicted molar refractivity (Wildman–Crippen MR) is 56.5 cm³/mol. The predicted octanol–water partition coefficient (Wildman–Crippen LogP) is 1.91. The molecule has 0 fully saturated rings. The van der Waals surface area contributed by atoms with Crippen LogP contribution in [-0.2, 0) is 0 Å². The Morgan fingerprint density at radius 2 is 2.06 bits per heavy atom. The molecule has 0 aliphatic rings. The minimum absolute atomic E-state index is 0.387. The first-order valence-electron chi connectivity index (χ1n) is 4.74. The molecule has 5 heteroatoms. The monoisotopic (exact) mass is 218 g/mol. The highest BCUT2D eigenvalue weighted by atomic mass is 16.5. The minimum Gasteiger partial charge on any atom is -0.361 e. The lowest BCUT2D eigenvalue weighted by Gasteiger charge is -1.91. The van der Waals surface area contributed by atoms with Crippen LogP contribution in [0.15, 0.2) is 10.6 Å². The molecule has 82 valence electrons. The molecule has 2 aromatic heterocycles. The first-order chi connectivity index (χ1) is 7.67. The van der Waals surface area contributed by atoms with Gasteiger partial charge in [-0.2, -0.15) is 0 Å². The molecule has 0 aliphatic heterocycles. The third-order valence-electron chi connectivity index (χ3n) is 2.46. The summed E-state index contributed by atoms with van der Waals surface area (Å²) in [6, 6.07) is 1.70. The van der Waals surface area contributed by atoms with Crippen LogP contribution in [0.4, 0.5) is 0 Å². The normalized spacial score (nSPS) is 10.4. The van der Waals surface area contributed by atoms with Crippen LogP contribution in [0.25, 0.3) is 11.4 Å². The molecule has 0 aromatic carbocycles. The molecule has 5 nitrogen and oxygen atoms in total. The Hall–Kier alpha value is -2.17. The lowest BCUT2D eigenvalue weighted by atomic mass is 10.1. The van der Waals surface area contributed by atoms with E-state index in [1.807, 2.05) is 0 Å². The summed E-state index contributed by atoms with van der Waals surface area (Å²) in [7, 11) is 0. The molecular formula is C11H10N2O3. The van der Waals surface area contributed by atoms with Crippen LogP contribution in [0.3, 0.4) is 0 Å². The van der Waals surface area contributed by atoms with Gasteiger partial charge in [0.2, 0.25) is 0 Å². The molecule has 0 spiro atoms. The van der Waals surface area contributed by atoms with E-state index in [4.69, 9.17) is 4.52 Å². The summed E-state index contributed by atoms with van der Waals surface area (Å²) in [5.74, 6) is 0.645. The van der Waals surface area contributed by atoms with E-state index in [0.717, 1.165) is 0 Å². The van der Waals surface area contributed by atoms with Crippen molar-refractivity contribution in [1.82, 2.24) is 10.1 Å². The quantitative estimate of drug-likeness (QED) is 0.798. The van der Waals surface area contributed by atoms with Crippen LogP contribution in [-0.4, -0.2) is 22.7 Å². The number of rotatable bonds is 3. The standard InChI is InChI=1S/C11H10N2O3/c1-6-3-9(13-16-6)11-8(4-14)7(2)10(5-15)12-11/h3-5,12H,1-2H3. The fourth-order valence-corrected chi connectivity index (χ4v) is 1.58. The third-order valence-corrected chi connectivity index (χ3v) is 2.46. The van der Waals surface area contributed by atoms with Gasteiger partial charge in [0.1, 0.15) is 11.5 Å². The number of nitrogens with one attached hydrogen (secondary N) is 1. The maximum absolute atomic E-state index is 11.0. The van der Waals surface area contributed by atoms with Gasteiger partial charge in [-0.1, -0.05) is 5.16 Å². The van der Waals surface area contributed by atoms with Gasteiger partial charge in [-0.15, -0.1) is 0 Å². The van der Waals surface area contributed by atoms with Gasteiger partial charge in [-0.25, -0.2) is 0 Å². The maximum atomic E-state index is 11.0. The number of nitrogens with zero attached hydrogens (tertiary/aromatic N) is 1. The second-order valence-corrected chi connectivity index (χ2v) is 3.51. The van der Waals surface area contributed by atoms with E-state index in [0.29, 0.717) is 46.5 Å². The SMILES string of the molecule is Cc1cc(-c2[nH]c(C=O)c(C)c2C=O)no1. The molecule has 0 saturated carbocycles. The van der Waals surface area contributed by atoms with Gasteiger partial charge in [0.05, 0.1) is 11.4 Å². The fraction of sp³-hybridized carbons (Fsp3) is 0.182. The summed E-state index contributed by atoms with van der Waals surface area (Å²) in [6.07, 6.45) is 1.39. The summed E-state index contributed by atoms with van der Waals surface area (Å²) in [5.41, 5.74) is 2.50. The molecule has 0 aliphatic carbocycles. The highest BCUT2D eigenvalue weighted by Crippen LogP contribution is 2.25. The highest BCUT2D eigenvalue weighted by molar-refractivity contribution is 5.92. The minimum atomic E-state index is 0.387. The number of hydrogen-bond donors (Lipinski definition) is 1. The van der Waals surface area contributed by atoms with Crippen LogP contribution in [0, 0.1) is 13.8 Å². The van der Waals surface area contributed by atoms with Crippen molar-refractivity contribution < 1.29 is 14.1 Å². The Morgan fingerprint density at radius 3 is 2.56 bits per heavy atom. The van der Waals surface area contributed by atoms with Crippen LogP contribution in [0.1, 0.15) is 32.2 Å². The molecule has 0 saturated heterocycles. The Balaban J connectivity index is 2.64. The Labute approximate surface area is 91.4 Å². The summed E-state index contributed by atoms with van der Waals surface area (Å²) in [5, 5.41) is 3.80. The number of hydrogen-bond acceptors (Lipinski definition) is 4. The number of H-pyrrole nitrogens is 1. The molecule has 2 aromatic rings. The van der Waals surface area contributed by atoms with E-state index in [1.54, 1.807) is 19.9 Å². The largest absolute Gasteiger partial charge is 0.361 e. The summed E-state index contributed by atoms with van der Waals surface area (Å²) in [6.45, 7) is 3.47. The Bertz CT molecular complexity index is 552. The van der Waals surface area contributed by atoms with Gasteiger partial charge >= 0.3 is 0 Å². The van der Waals surface area contributed by atoms with Crippen molar-refractivity contribution >= 4 is 12.6 Å². The fourth-order valence-electron chi connectivity index (χ4n) is 1.58. The van der Waals surface area contributed by atoms with E-state index in [1.165, 1.54) is 0 Å². The Morgan fingerprint density at radius 1 is 1.31 bits per heavy atom. The average Bonchev–Trinajstić information content (AvgIpc) is 2.82. The number of carbonyl (C=O) groups excluding carboxylic acids is 2. The number of aldehydes is 2. The molecule has 0 bridgehead atoms. The average molecular weight is 218 g/mol. The number of aromatic nitrogens is 2. The lowest BCUT2D eigenvalue weighted by Crippen LogP contribution is -1.85. The van der Waals surface area contributed by atoms with E-state index in [2.05, 4.69) is 10.1 Å². The molecule has 0 atom stereocenters. The molecular weight excluding hydrogens is 208 g/mol. The second kappa shape index (κ2) is 3.77. The van der Waals surface area contributed by atoms with Crippen molar-refractivity contribution in [3.8, 4) is 11.4 Å². The van der Waals surface area contributed by atoms with Crippen LogP contribution in [0.5, 0.6) is 0 Å². The van der Waals surface area contributed by atoms with Crippen molar-refractivity contribution in [3.05, 3.63) is 28.6 Å². The summed E-state index contributed by atoms with van der Waals surface area (Å²) in [4.78, 5) is 24.6. The molecule has 2 heterocycles. The maximum Gasteiger partial charge on any atom is 0.166 e. The lowest BCUT2D eigenvalue weighted by molar-refractivity contribution is 0.111. The van der Waals surface area contributed by atoms with Gasteiger partial charge < -0.3 is 9.51 Å². The number of aryl methyl sites for hydroxylation is 1. The van der Waals surface area contributed by atoms with Crippen molar-refractivity contribution in [2.45, 2.75) is 13.8 Å². The van der Waals surface area contributed by atoms with Crippen molar-refractivity contribution in [2.24, 2.45) is 0 Å². The van der Waals surface area contributed by atoms with Gasteiger partial charge in [0, 0.05) is 11.6 Å². The van der Waals surface area contributed by atoms with E-state index in [-0.39, 0.29) is 0 Å². The molecule has 0 amide bonds. The summed E-state index contributed by atoms with van der Waals surface area (Å²) >= 11 is 0. The molecule has 16 heavy (non-hydrogen) atoms. The molecule has 0 unspecified atom stereocenters. The zero-order valence-corrected chi connectivity index (χ0v) is 8.90. The van der Waals surface area contributed by atoms with Gasteiger partial charge in [0.15, 0.2) is 12.6 Å². The highest BCUT2D eigenvalue weighted by Gasteiger charge is 2.17. The van der Waals surface area contributed by atoms with Gasteiger partial charge in [-0.05, 0) is 19.4 Å². The van der Waals surface area contributed by atoms with Crippen LogP contribution in [0.2, 0.25) is 0 Å². The smallest absolute Gasteiger partial charge is 0.166 e. The van der Waals surface area contributed by atoms with Crippen molar-refractivity contribution in [2.75, 3.05) is 0 Å². The number of aromatic amines is 1. The van der Waals surface area contributed by atoms with E-state index >= 15 is 0 Å². The Kier molecular flexibility index (Phi) is 2.44. The van der Waals surface area contributed by atoms with Gasteiger partial charge in [0.25, 0.3) is 0 Å². The van der Waals surface area contributed by atoms with E-state index in [9.17, 15) is 9.59 Å². The van der Waals surface area contributed by atoms with Crippen LogP contribution < -0.4 is 0 Å². The number of carbonyl (C=O) groups is 2. The summed E-state index contributed by atoms with van der Waals surface area (Å²) < 4.78 is 4.93. The first-order valence-corrected chi connectivity index (χ1v) is 4.74. The van der Waals surface area contributed by atoms with E-state index < -0.39 is 0 Å². The van der Waals surface area contributed by atoms with Crippen molar-refractivity contribution in [1.29, 1.82) is 0 Å². The zero-order valence-electron chi connectivity index (χ0n) is 8.90. The molecule has 1 N–H and O–H groups in total. The molecule has 0 radical (unpaired) electrons. The van der Waals surface area contributed by atoms with Gasteiger partial charge in [-0.3, -0.25) is 9.59 Å². The van der Waals surface area contributed by atoms with Crippen LogP contribution >= 0.6 is 0 Å². The first kappa shape index (κ1) is 10.4. The van der Waals surface area contributed by atoms with Crippen molar-refractivity contribution in [3.63, 3.8) is 0 Å². The second-order valence-electron chi connectivity index (χ2n) is 3.51.